The molecule has 2 heteroatoms. The van der Waals surface area contributed by atoms with Crippen LogP contribution in [0.25, 0.3) is 10.9 Å². The van der Waals surface area contributed by atoms with E-state index in [0.29, 0.717) is 0 Å². The first-order valence-corrected chi connectivity index (χ1v) is 6.46. The topological polar surface area (TPSA) is 24.9 Å². The molecular formula is C16H20N2. The predicted molar refractivity (Wildman–Crippen MR) is 77.7 cm³/mol. The number of pyridine rings is 1. The maximum absolute atomic E-state index is 4.76. The minimum absolute atomic E-state index is 0.260. The summed E-state index contributed by atoms with van der Waals surface area (Å²) >= 11 is 0. The summed E-state index contributed by atoms with van der Waals surface area (Å²) in [5.74, 6) is 0. The molecule has 0 saturated carbocycles. The average molecular weight is 240 g/mol. The molecule has 0 saturated heterocycles. The molecule has 94 valence electrons. The summed E-state index contributed by atoms with van der Waals surface area (Å²) < 4.78 is 0. The van der Waals surface area contributed by atoms with Crippen LogP contribution in [0, 0.1) is 6.92 Å². The highest BCUT2D eigenvalue weighted by Gasteiger charge is 2.11. The van der Waals surface area contributed by atoms with Crippen molar-refractivity contribution in [3.63, 3.8) is 0 Å². The number of benzene rings is 1. The first-order chi connectivity index (χ1) is 8.76. The van der Waals surface area contributed by atoms with Crippen molar-refractivity contribution in [1.29, 1.82) is 0 Å². The van der Waals surface area contributed by atoms with E-state index in [4.69, 9.17) is 4.98 Å². The van der Waals surface area contributed by atoms with Gasteiger partial charge in [0.1, 0.15) is 0 Å². The number of hydrogen-bond acceptors (Lipinski definition) is 2. The largest absolute Gasteiger partial charge is 0.309 e. The number of nitrogens with zero attached hydrogens (tertiary/aromatic N) is 1. The smallest absolute Gasteiger partial charge is 0.0708 e. The van der Waals surface area contributed by atoms with Gasteiger partial charge in [0.25, 0.3) is 0 Å². The number of fused-ring (bicyclic) bond motifs is 1. The number of rotatable bonds is 5. The fourth-order valence-corrected chi connectivity index (χ4v) is 2.28. The van der Waals surface area contributed by atoms with Gasteiger partial charge in [0, 0.05) is 5.39 Å². The van der Waals surface area contributed by atoms with Crippen LogP contribution in [0.5, 0.6) is 0 Å². The second kappa shape index (κ2) is 5.78. The summed E-state index contributed by atoms with van der Waals surface area (Å²) in [5.41, 5.74) is 3.45. The molecule has 1 aromatic heterocycles. The van der Waals surface area contributed by atoms with Crippen LogP contribution in [0.15, 0.2) is 43.0 Å². The Labute approximate surface area is 109 Å². The lowest BCUT2D eigenvalue weighted by Crippen LogP contribution is -2.21. The van der Waals surface area contributed by atoms with Crippen molar-refractivity contribution in [2.45, 2.75) is 26.3 Å². The van der Waals surface area contributed by atoms with Crippen molar-refractivity contribution in [1.82, 2.24) is 10.3 Å². The maximum atomic E-state index is 4.76. The van der Waals surface area contributed by atoms with Crippen LogP contribution in [0.2, 0.25) is 0 Å². The average Bonchev–Trinajstić information content (AvgIpc) is 2.38. The molecule has 1 N–H and O–H groups in total. The second-order valence-electron chi connectivity index (χ2n) is 4.52. The van der Waals surface area contributed by atoms with Gasteiger partial charge in [-0.15, -0.1) is 6.58 Å². The standard InChI is InChI=1S/C16H20N2/c1-4-8-15(17-5-2)16-11-12(3)13-9-6-7-10-14(13)18-16/h4,6-7,9-11,15,17H,1,5,8H2,2-3H3. The van der Waals surface area contributed by atoms with E-state index in [-0.39, 0.29) is 6.04 Å². The van der Waals surface area contributed by atoms with Gasteiger partial charge >= 0.3 is 0 Å². The fraction of sp³-hybridized carbons (Fsp3) is 0.312. The number of aromatic nitrogens is 1. The highest BCUT2D eigenvalue weighted by atomic mass is 14.9. The Balaban J connectivity index is 2.46. The monoisotopic (exact) mass is 240 g/mol. The molecule has 0 aliphatic rings. The van der Waals surface area contributed by atoms with E-state index < -0.39 is 0 Å². The minimum atomic E-state index is 0.260. The van der Waals surface area contributed by atoms with Crippen molar-refractivity contribution >= 4 is 10.9 Å². The lowest BCUT2D eigenvalue weighted by atomic mass is 10.0. The summed E-state index contributed by atoms with van der Waals surface area (Å²) in [4.78, 5) is 4.76. The zero-order valence-corrected chi connectivity index (χ0v) is 11.1. The molecule has 0 aliphatic carbocycles. The highest BCUT2D eigenvalue weighted by Crippen LogP contribution is 2.22. The quantitative estimate of drug-likeness (QED) is 0.805. The lowest BCUT2D eigenvalue weighted by Gasteiger charge is -2.17. The molecule has 1 unspecified atom stereocenters. The minimum Gasteiger partial charge on any atom is -0.309 e. The van der Waals surface area contributed by atoms with Crippen LogP contribution in [0.4, 0.5) is 0 Å². The Hall–Kier alpha value is -1.67. The van der Waals surface area contributed by atoms with Crippen molar-refractivity contribution < 1.29 is 0 Å². The zero-order valence-electron chi connectivity index (χ0n) is 11.1. The molecule has 0 bridgehead atoms. The second-order valence-corrected chi connectivity index (χ2v) is 4.52. The number of aryl methyl sites for hydroxylation is 1. The first-order valence-electron chi connectivity index (χ1n) is 6.46. The van der Waals surface area contributed by atoms with Crippen LogP contribution in [0.3, 0.4) is 0 Å². The van der Waals surface area contributed by atoms with Crippen LogP contribution < -0.4 is 5.32 Å². The van der Waals surface area contributed by atoms with E-state index in [1.165, 1.54) is 10.9 Å². The summed E-state index contributed by atoms with van der Waals surface area (Å²) in [5, 5.41) is 4.69. The molecule has 1 atom stereocenters. The normalized spacial score (nSPS) is 12.6. The molecule has 2 nitrogen and oxygen atoms in total. The molecule has 2 aromatic rings. The molecule has 1 heterocycles. The molecule has 0 spiro atoms. The summed E-state index contributed by atoms with van der Waals surface area (Å²) in [6.45, 7) is 9.02. The van der Waals surface area contributed by atoms with Gasteiger partial charge < -0.3 is 5.32 Å². The van der Waals surface area contributed by atoms with Gasteiger partial charge in [0.15, 0.2) is 0 Å². The molecular weight excluding hydrogens is 220 g/mol. The van der Waals surface area contributed by atoms with Crippen molar-refractivity contribution in [3.8, 4) is 0 Å². The molecule has 18 heavy (non-hydrogen) atoms. The van der Waals surface area contributed by atoms with Gasteiger partial charge in [-0.1, -0.05) is 31.2 Å². The molecule has 0 aliphatic heterocycles. The Morgan fingerprint density at radius 2 is 2.17 bits per heavy atom. The van der Waals surface area contributed by atoms with Crippen LogP contribution in [-0.2, 0) is 0 Å². The molecule has 1 aromatic carbocycles. The van der Waals surface area contributed by atoms with Gasteiger partial charge in [-0.2, -0.15) is 0 Å². The molecule has 0 amide bonds. The SMILES string of the molecule is C=CCC(NCC)c1cc(C)c2ccccc2n1. The third-order valence-corrected chi connectivity index (χ3v) is 3.15. The number of para-hydroxylation sites is 1. The van der Waals surface area contributed by atoms with Gasteiger partial charge in [-0.25, -0.2) is 0 Å². The zero-order chi connectivity index (χ0) is 13.0. The third kappa shape index (κ3) is 2.59. The van der Waals surface area contributed by atoms with E-state index in [0.717, 1.165) is 24.2 Å². The van der Waals surface area contributed by atoms with Gasteiger partial charge in [0.2, 0.25) is 0 Å². The number of nitrogens with one attached hydrogen (secondary N) is 1. The van der Waals surface area contributed by atoms with E-state index in [2.05, 4.69) is 50.0 Å². The van der Waals surface area contributed by atoms with Gasteiger partial charge in [-0.05, 0) is 37.6 Å². The van der Waals surface area contributed by atoms with Gasteiger partial charge in [-0.3, -0.25) is 4.98 Å². The third-order valence-electron chi connectivity index (χ3n) is 3.15. The van der Waals surface area contributed by atoms with Crippen LogP contribution >= 0.6 is 0 Å². The lowest BCUT2D eigenvalue weighted by molar-refractivity contribution is 0.547. The molecule has 0 fully saturated rings. The summed E-state index contributed by atoms with van der Waals surface area (Å²) in [6.07, 6.45) is 2.85. The Kier molecular flexibility index (Phi) is 4.11. The Morgan fingerprint density at radius 1 is 1.39 bits per heavy atom. The van der Waals surface area contributed by atoms with E-state index >= 15 is 0 Å². The van der Waals surface area contributed by atoms with Crippen molar-refractivity contribution in [3.05, 3.63) is 54.2 Å². The van der Waals surface area contributed by atoms with Crippen LogP contribution in [-0.4, -0.2) is 11.5 Å². The van der Waals surface area contributed by atoms with E-state index in [1.54, 1.807) is 0 Å². The van der Waals surface area contributed by atoms with Gasteiger partial charge in [0.05, 0.1) is 17.3 Å². The Morgan fingerprint density at radius 3 is 2.89 bits per heavy atom. The first kappa shape index (κ1) is 12.8. The molecule has 2 rings (SSSR count). The highest BCUT2D eigenvalue weighted by molar-refractivity contribution is 5.82. The van der Waals surface area contributed by atoms with E-state index in [1.807, 2.05) is 12.1 Å². The Bertz CT molecular complexity index is 546. The van der Waals surface area contributed by atoms with Crippen LogP contribution in [0.1, 0.15) is 30.6 Å². The van der Waals surface area contributed by atoms with E-state index in [9.17, 15) is 0 Å². The summed E-state index contributed by atoms with van der Waals surface area (Å²) in [6, 6.07) is 10.7. The number of hydrogen-bond donors (Lipinski definition) is 1. The maximum Gasteiger partial charge on any atom is 0.0708 e. The summed E-state index contributed by atoms with van der Waals surface area (Å²) in [7, 11) is 0. The van der Waals surface area contributed by atoms with Crippen molar-refractivity contribution in [2.24, 2.45) is 0 Å². The molecule has 0 radical (unpaired) electrons. The predicted octanol–water partition coefficient (Wildman–Crippen LogP) is 3.77. The van der Waals surface area contributed by atoms with Crippen molar-refractivity contribution in [2.75, 3.05) is 6.54 Å². The fourth-order valence-electron chi connectivity index (χ4n) is 2.28.